The summed E-state index contributed by atoms with van der Waals surface area (Å²) in [5.41, 5.74) is 3.53. The molecule has 228 valence electrons. The first-order valence-electron chi connectivity index (χ1n) is 14.9. The minimum atomic E-state index is -0.956. The zero-order chi connectivity index (χ0) is 31.8. The van der Waals surface area contributed by atoms with Gasteiger partial charge in [-0.15, -0.1) is 0 Å². The molecule has 0 saturated carbocycles. The Morgan fingerprint density at radius 1 is 1.00 bits per heavy atom. The molecule has 1 aliphatic carbocycles. The molecule has 0 N–H and O–H groups in total. The average molecular weight is 686 g/mol. The number of allylic oxidation sites excluding steroid dienone is 2. The predicted molar refractivity (Wildman–Crippen MR) is 177 cm³/mol. The number of ether oxygens (including phenoxy) is 1. The maximum Gasteiger partial charge on any atom is 0.339 e. The Morgan fingerprint density at radius 3 is 2.27 bits per heavy atom. The van der Waals surface area contributed by atoms with Crippen molar-refractivity contribution in [3.63, 3.8) is 0 Å². The lowest BCUT2D eigenvalue weighted by Gasteiger charge is -2.19. The van der Waals surface area contributed by atoms with E-state index in [1.807, 2.05) is 32.1 Å². The third kappa shape index (κ3) is 5.73. The van der Waals surface area contributed by atoms with Crippen molar-refractivity contribution in [3.8, 4) is 11.3 Å². The number of aryl methyl sites for hydroxylation is 1. The van der Waals surface area contributed by atoms with Crippen LogP contribution in [0.3, 0.4) is 0 Å². The number of carbonyl (C=O) groups excluding carboxylic acids is 4. The average Bonchev–Trinajstić information content (AvgIpc) is 3.32. The Labute approximate surface area is 274 Å². The normalized spacial score (nSPS) is 18.3. The van der Waals surface area contributed by atoms with Gasteiger partial charge in [0.25, 0.3) is 0 Å². The van der Waals surface area contributed by atoms with Crippen molar-refractivity contribution in [3.05, 3.63) is 105 Å². The second kappa shape index (κ2) is 12.7. The van der Waals surface area contributed by atoms with E-state index in [1.165, 1.54) is 4.90 Å². The van der Waals surface area contributed by atoms with Gasteiger partial charge in [0.1, 0.15) is 0 Å². The molecule has 0 bridgehead atoms. The fourth-order valence-corrected chi connectivity index (χ4v) is 6.77. The van der Waals surface area contributed by atoms with Crippen molar-refractivity contribution in [1.29, 1.82) is 0 Å². The molecule has 3 atom stereocenters. The molecule has 3 unspecified atom stereocenters. The maximum atomic E-state index is 13.9. The zero-order valence-corrected chi connectivity index (χ0v) is 27.1. The van der Waals surface area contributed by atoms with Gasteiger partial charge in [-0.1, -0.05) is 79.6 Å². The second-order valence-corrected chi connectivity index (χ2v) is 12.6. The number of ketones is 1. The SMILES string of the molecule is CCCC(OC(=O)c1cc(-c2ccc(N3C(=O)C4CC=CCC4C3=O)cc2)nc2c(C)c(Cl)c(Br)cc12)C(=O)c1ccccc1. The number of hydrogen-bond acceptors (Lipinski definition) is 6. The summed E-state index contributed by atoms with van der Waals surface area (Å²) >= 11 is 10.1. The Morgan fingerprint density at radius 2 is 1.64 bits per heavy atom. The van der Waals surface area contributed by atoms with Crippen LogP contribution >= 0.6 is 27.5 Å². The molecule has 6 rings (SSSR count). The number of amides is 2. The smallest absolute Gasteiger partial charge is 0.339 e. The standard InChI is InChI=1S/C36H30BrClN2O5/c1-3-9-30(33(41)22-10-5-4-6-11-22)45-36(44)27-19-29(39-32-20(2)31(38)28(37)18-26(27)32)21-14-16-23(17-15-21)40-34(42)24-12-7-8-13-25(24)35(40)43/h4-8,10-11,14-19,24-25,30H,3,9,12-13H2,1-2H3. The number of nitrogens with zero attached hydrogens (tertiary/aromatic N) is 2. The van der Waals surface area contributed by atoms with Crippen molar-refractivity contribution in [2.45, 2.75) is 45.6 Å². The quantitative estimate of drug-likeness (QED) is 0.0802. The Hall–Kier alpha value is -4.14. The van der Waals surface area contributed by atoms with Crippen molar-refractivity contribution < 1.29 is 23.9 Å². The number of Topliss-reactive ketones (excluding diaryl/α,β-unsaturated/α-hetero) is 1. The molecular formula is C36H30BrClN2O5. The molecule has 1 aliphatic heterocycles. The second-order valence-electron chi connectivity index (χ2n) is 11.4. The lowest BCUT2D eigenvalue weighted by atomic mass is 9.85. The molecule has 7 nitrogen and oxygen atoms in total. The molecule has 1 aromatic heterocycles. The fraction of sp³-hybridized carbons (Fsp3) is 0.250. The number of rotatable bonds is 8. The number of pyridine rings is 1. The van der Waals surface area contributed by atoms with E-state index in [9.17, 15) is 19.2 Å². The van der Waals surface area contributed by atoms with Gasteiger partial charge in [0.15, 0.2) is 6.10 Å². The summed E-state index contributed by atoms with van der Waals surface area (Å²) in [6.45, 7) is 3.75. The van der Waals surface area contributed by atoms with Gasteiger partial charge in [0, 0.05) is 21.0 Å². The van der Waals surface area contributed by atoms with Crippen LogP contribution in [0.25, 0.3) is 22.2 Å². The molecule has 3 aromatic carbocycles. The van der Waals surface area contributed by atoms with Crippen LogP contribution in [0.15, 0.2) is 83.4 Å². The number of halogens is 2. The number of benzene rings is 3. The molecule has 4 aromatic rings. The van der Waals surface area contributed by atoms with Gasteiger partial charge in [0.2, 0.25) is 17.6 Å². The Balaban J connectivity index is 1.37. The maximum absolute atomic E-state index is 13.9. The Kier molecular flexibility index (Phi) is 8.71. The first-order chi connectivity index (χ1) is 21.7. The van der Waals surface area contributed by atoms with E-state index in [1.54, 1.807) is 60.7 Å². The van der Waals surface area contributed by atoms with Gasteiger partial charge in [-0.2, -0.15) is 0 Å². The van der Waals surface area contributed by atoms with Crippen LogP contribution in [0.2, 0.25) is 5.02 Å². The number of anilines is 1. The van der Waals surface area contributed by atoms with Crippen molar-refractivity contribution in [2.24, 2.45) is 11.8 Å². The summed E-state index contributed by atoms with van der Waals surface area (Å²) in [4.78, 5) is 59.5. The summed E-state index contributed by atoms with van der Waals surface area (Å²) in [5, 5.41) is 0.993. The van der Waals surface area contributed by atoms with Crippen LogP contribution in [0.4, 0.5) is 5.69 Å². The highest BCUT2D eigenvalue weighted by molar-refractivity contribution is 9.10. The van der Waals surface area contributed by atoms with Gasteiger partial charge in [-0.25, -0.2) is 9.78 Å². The van der Waals surface area contributed by atoms with Crippen LogP contribution in [0, 0.1) is 18.8 Å². The fourth-order valence-electron chi connectivity index (χ4n) is 6.10. The summed E-state index contributed by atoms with van der Waals surface area (Å²) < 4.78 is 6.51. The first-order valence-corrected chi connectivity index (χ1v) is 16.1. The monoisotopic (exact) mass is 684 g/mol. The van der Waals surface area contributed by atoms with Crippen molar-refractivity contribution in [1.82, 2.24) is 4.98 Å². The van der Waals surface area contributed by atoms with Crippen LogP contribution in [-0.4, -0.2) is 34.7 Å². The highest BCUT2D eigenvalue weighted by Crippen LogP contribution is 2.39. The topological polar surface area (TPSA) is 93.6 Å². The number of esters is 1. The zero-order valence-electron chi connectivity index (χ0n) is 24.8. The van der Waals surface area contributed by atoms with E-state index < -0.39 is 12.1 Å². The van der Waals surface area contributed by atoms with Crippen LogP contribution < -0.4 is 4.90 Å². The molecule has 0 radical (unpaired) electrons. The van der Waals surface area contributed by atoms with E-state index in [-0.39, 0.29) is 35.0 Å². The van der Waals surface area contributed by atoms with Crippen molar-refractivity contribution in [2.75, 3.05) is 4.90 Å². The third-order valence-corrected chi connectivity index (χ3v) is 9.86. The highest BCUT2D eigenvalue weighted by Gasteiger charge is 2.47. The molecule has 1 saturated heterocycles. The number of fused-ring (bicyclic) bond motifs is 2. The largest absolute Gasteiger partial charge is 0.450 e. The predicted octanol–water partition coefficient (Wildman–Crippen LogP) is 8.29. The lowest BCUT2D eigenvalue weighted by molar-refractivity contribution is -0.122. The number of aromatic nitrogens is 1. The van der Waals surface area contributed by atoms with Gasteiger partial charge in [-0.3, -0.25) is 19.3 Å². The van der Waals surface area contributed by atoms with Crippen LogP contribution in [0.5, 0.6) is 0 Å². The van der Waals surface area contributed by atoms with E-state index in [2.05, 4.69) is 15.9 Å². The van der Waals surface area contributed by atoms with Crippen LogP contribution in [0.1, 0.15) is 58.9 Å². The molecule has 2 heterocycles. The van der Waals surface area contributed by atoms with E-state index in [0.29, 0.717) is 74.2 Å². The number of imide groups is 1. The lowest BCUT2D eigenvalue weighted by Crippen LogP contribution is -2.30. The molecule has 0 spiro atoms. The molecule has 1 fully saturated rings. The molecule has 9 heteroatoms. The van der Waals surface area contributed by atoms with Gasteiger partial charge >= 0.3 is 5.97 Å². The van der Waals surface area contributed by atoms with Crippen LogP contribution in [-0.2, 0) is 14.3 Å². The van der Waals surface area contributed by atoms with E-state index in [0.717, 1.165) is 0 Å². The molecule has 2 aliphatic rings. The summed E-state index contributed by atoms with van der Waals surface area (Å²) in [5.74, 6) is -1.93. The number of carbonyl (C=O) groups is 4. The Bertz CT molecular complexity index is 1850. The van der Waals surface area contributed by atoms with Gasteiger partial charge < -0.3 is 4.74 Å². The molecule has 2 amide bonds. The minimum absolute atomic E-state index is 0.182. The van der Waals surface area contributed by atoms with Gasteiger partial charge in [-0.05, 0) is 71.9 Å². The van der Waals surface area contributed by atoms with E-state index in [4.69, 9.17) is 21.3 Å². The highest BCUT2D eigenvalue weighted by atomic mass is 79.9. The summed E-state index contributed by atoms with van der Waals surface area (Å²) in [7, 11) is 0. The van der Waals surface area contributed by atoms with E-state index >= 15 is 0 Å². The minimum Gasteiger partial charge on any atom is -0.450 e. The molecular weight excluding hydrogens is 656 g/mol. The van der Waals surface area contributed by atoms with Gasteiger partial charge in [0.05, 0.1) is 39.3 Å². The number of hydrogen-bond donors (Lipinski definition) is 0. The first kappa shape index (κ1) is 30.9. The van der Waals surface area contributed by atoms with Crippen molar-refractivity contribution >= 4 is 67.7 Å². The summed E-state index contributed by atoms with van der Waals surface area (Å²) in [6.07, 6.45) is 5.11. The summed E-state index contributed by atoms with van der Waals surface area (Å²) in [6, 6.07) is 19.1. The molecule has 45 heavy (non-hydrogen) atoms. The third-order valence-electron chi connectivity index (χ3n) is 8.52.